The second kappa shape index (κ2) is 7.98. The summed E-state index contributed by atoms with van der Waals surface area (Å²) in [5.74, 6) is 0. The standard InChI is InChI=1S/C22H21F6NO/c1-20(13-23,15-6-4-7-16(10-15)22(26,27)28)12-21(30,19(24)25)11-17-9-14-5-2-3-8-18(14)29-17/h2-10,19,29-30H,11-13H2,1H3. The van der Waals surface area contributed by atoms with Crippen molar-refractivity contribution in [1.82, 2.24) is 4.98 Å². The number of hydrogen-bond donors (Lipinski definition) is 2. The number of nitrogens with one attached hydrogen (secondary N) is 1. The SMILES string of the molecule is CC(CF)(CC(O)(Cc1cc2ccccc2[nH]1)C(F)F)c1cccc(C(F)(F)F)c1. The fraction of sp³-hybridized carbons (Fsp3) is 0.364. The van der Waals surface area contributed by atoms with E-state index >= 15 is 0 Å². The van der Waals surface area contributed by atoms with Gasteiger partial charge in [0.2, 0.25) is 0 Å². The Morgan fingerprint density at radius 1 is 0.967 bits per heavy atom. The molecule has 1 aromatic heterocycles. The molecule has 0 fully saturated rings. The summed E-state index contributed by atoms with van der Waals surface area (Å²) in [4.78, 5) is 2.94. The number of fused-ring (bicyclic) bond motifs is 1. The van der Waals surface area contributed by atoms with Crippen LogP contribution in [0.15, 0.2) is 54.6 Å². The number of para-hydroxylation sites is 1. The first kappa shape index (κ1) is 22.2. The van der Waals surface area contributed by atoms with Gasteiger partial charge in [-0.25, -0.2) is 8.78 Å². The molecular weight excluding hydrogens is 408 g/mol. The van der Waals surface area contributed by atoms with E-state index in [0.29, 0.717) is 11.2 Å². The fourth-order valence-electron chi connectivity index (χ4n) is 3.75. The highest BCUT2D eigenvalue weighted by atomic mass is 19.4. The van der Waals surface area contributed by atoms with E-state index in [9.17, 15) is 31.4 Å². The Kier molecular flexibility index (Phi) is 5.91. The van der Waals surface area contributed by atoms with E-state index in [1.165, 1.54) is 13.0 Å². The van der Waals surface area contributed by atoms with Crippen LogP contribution in [0.5, 0.6) is 0 Å². The second-order valence-electron chi connectivity index (χ2n) is 7.91. The number of alkyl halides is 6. The molecule has 0 amide bonds. The van der Waals surface area contributed by atoms with Crippen LogP contribution < -0.4 is 0 Å². The van der Waals surface area contributed by atoms with Crippen LogP contribution in [0, 0.1) is 0 Å². The van der Waals surface area contributed by atoms with E-state index in [4.69, 9.17) is 0 Å². The van der Waals surface area contributed by atoms with Crippen molar-refractivity contribution in [2.75, 3.05) is 6.67 Å². The number of benzene rings is 2. The fourth-order valence-corrected chi connectivity index (χ4v) is 3.75. The summed E-state index contributed by atoms with van der Waals surface area (Å²) in [6.45, 7) is 0.0249. The summed E-state index contributed by atoms with van der Waals surface area (Å²) < 4.78 is 81.0. The molecule has 162 valence electrons. The lowest BCUT2D eigenvalue weighted by molar-refractivity contribution is -0.137. The zero-order valence-corrected chi connectivity index (χ0v) is 16.1. The number of aliphatic hydroxyl groups is 1. The second-order valence-corrected chi connectivity index (χ2v) is 7.91. The first-order chi connectivity index (χ1) is 14.0. The molecule has 3 rings (SSSR count). The van der Waals surface area contributed by atoms with E-state index in [0.717, 1.165) is 23.6 Å². The third-order valence-electron chi connectivity index (χ3n) is 5.37. The third-order valence-corrected chi connectivity index (χ3v) is 5.37. The number of hydrogen-bond acceptors (Lipinski definition) is 1. The summed E-state index contributed by atoms with van der Waals surface area (Å²) in [6.07, 6.45) is -9.16. The Bertz CT molecular complexity index is 981. The molecule has 0 saturated carbocycles. The molecule has 3 aromatic rings. The van der Waals surface area contributed by atoms with Gasteiger partial charge >= 0.3 is 6.18 Å². The summed E-state index contributed by atoms with van der Waals surface area (Å²) in [5.41, 5.74) is -4.47. The highest BCUT2D eigenvalue weighted by Crippen LogP contribution is 2.40. The first-order valence-corrected chi connectivity index (χ1v) is 9.28. The molecule has 0 aliphatic carbocycles. The van der Waals surface area contributed by atoms with Crippen molar-refractivity contribution in [2.24, 2.45) is 0 Å². The molecule has 1 heterocycles. The Balaban J connectivity index is 1.94. The molecular formula is C22H21F6NO. The van der Waals surface area contributed by atoms with Crippen LogP contribution in [0.1, 0.15) is 30.2 Å². The highest BCUT2D eigenvalue weighted by molar-refractivity contribution is 5.80. The van der Waals surface area contributed by atoms with E-state index in [-0.39, 0.29) is 5.56 Å². The molecule has 0 saturated heterocycles. The van der Waals surface area contributed by atoms with Crippen LogP contribution in [-0.4, -0.2) is 28.8 Å². The Morgan fingerprint density at radius 2 is 1.63 bits per heavy atom. The molecule has 2 aromatic carbocycles. The van der Waals surface area contributed by atoms with Crippen molar-refractivity contribution in [1.29, 1.82) is 0 Å². The molecule has 2 N–H and O–H groups in total. The molecule has 8 heteroatoms. The normalized spacial score (nSPS) is 16.6. The van der Waals surface area contributed by atoms with Crippen molar-refractivity contribution in [2.45, 2.75) is 43.4 Å². The maximum Gasteiger partial charge on any atom is 0.416 e. The quantitative estimate of drug-likeness (QED) is 0.441. The number of aromatic amines is 1. The molecule has 0 aliphatic heterocycles. The molecule has 2 nitrogen and oxygen atoms in total. The lowest BCUT2D eigenvalue weighted by Crippen LogP contribution is -2.46. The van der Waals surface area contributed by atoms with E-state index in [1.54, 1.807) is 30.3 Å². The predicted octanol–water partition coefficient (Wildman–Crippen LogP) is 6.04. The topological polar surface area (TPSA) is 36.0 Å². The van der Waals surface area contributed by atoms with E-state index < -0.39 is 48.7 Å². The lowest BCUT2D eigenvalue weighted by atomic mass is 9.73. The van der Waals surface area contributed by atoms with Gasteiger partial charge in [0.05, 0.1) is 12.2 Å². The summed E-state index contributed by atoms with van der Waals surface area (Å²) in [7, 11) is 0. The van der Waals surface area contributed by atoms with Crippen molar-refractivity contribution in [3.05, 3.63) is 71.4 Å². The maximum atomic E-state index is 14.0. The largest absolute Gasteiger partial charge is 0.416 e. The number of H-pyrrole nitrogens is 1. The van der Waals surface area contributed by atoms with Crippen molar-refractivity contribution >= 4 is 10.9 Å². The Labute approximate surface area is 169 Å². The third kappa shape index (κ3) is 4.48. The van der Waals surface area contributed by atoms with Gasteiger partial charge in [0.1, 0.15) is 5.60 Å². The molecule has 0 radical (unpaired) electrons. The van der Waals surface area contributed by atoms with Gasteiger partial charge in [-0.15, -0.1) is 0 Å². The minimum atomic E-state index is -4.66. The van der Waals surface area contributed by atoms with Crippen LogP contribution in [-0.2, 0) is 18.0 Å². The molecule has 2 atom stereocenters. The van der Waals surface area contributed by atoms with E-state index in [1.807, 2.05) is 0 Å². The van der Waals surface area contributed by atoms with Crippen molar-refractivity contribution in [3.63, 3.8) is 0 Å². The number of rotatable bonds is 7. The Morgan fingerprint density at radius 3 is 2.23 bits per heavy atom. The van der Waals surface area contributed by atoms with Gasteiger partial charge in [0.15, 0.2) is 0 Å². The van der Waals surface area contributed by atoms with Crippen LogP contribution in [0.4, 0.5) is 26.3 Å². The molecule has 2 unspecified atom stereocenters. The van der Waals surface area contributed by atoms with Gasteiger partial charge in [-0.05, 0) is 35.6 Å². The van der Waals surface area contributed by atoms with Crippen molar-refractivity contribution in [3.8, 4) is 0 Å². The number of halogens is 6. The van der Waals surface area contributed by atoms with Gasteiger partial charge in [-0.3, -0.25) is 4.39 Å². The molecule has 30 heavy (non-hydrogen) atoms. The highest BCUT2D eigenvalue weighted by Gasteiger charge is 2.46. The van der Waals surface area contributed by atoms with Crippen LogP contribution >= 0.6 is 0 Å². The van der Waals surface area contributed by atoms with Crippen LogP contribution in [0.2, 0.25) is 0 Å². The van der Waals surface area contributed by atoms with Gasteiger partial charge < -0.3 is 10.1 Å². The molecule has 0 bridgehead atoms. The first-order valence-electron chi connectivity index (χ1n) is 9.28. The van der Waals surface area contributed by atoms with Gasteiger partial charge in [0, 0.05) is 23.0 Å². The average Bonchev–Trinajstić information content (AvgIpc) is 3.09. The summed E-state index contributed by atoms with van der Waals surface area (Å²) in [5, 5.41) is 11.5. The van der Waals surface area contributed by atoms with E-state index in [2.05, 4.69) is 4.98 Å². The minimum Gasteiger partial charge on any atom is -0.383 e. The van der Waals surface area contributed by atoms with Crippen molar-refractivity contribution < 1.29 is 31.4 Å². The minimum absolute atomic E-state index is 0.101. The number of aromatic nitrogens is 1. The predicted molar refractivity (Wildman–Crippen MR) is 102 cm³/mol. The maximum absolute atomic E-state index is 14.0. The zero-order valence-electron chi connectivity index (χ0n) is 16.1. The summed E-state index contributed by atoms with van der Waals surface area (Å²) in [6, 6.07) is 12.6. The monoisotopic (exact) mass is 429 g/mol. The van der Waals surface area contributed by atoms with Crippen LogP contribution in [0.3, 0.4) is 0 Å². The Hall–Kier alpha value is -2.48. The molecule has 0 spiro atoms. The van der Waals surface area contributed by atoms with Crippen LogP contribution in [0.25, 0.3) is 10.9 Å². The van der Waals surface area contributed by atoms with Gasteiger partial charge in [-0.1, -0.05) is 43.3 Å². The molecule has 0 aliphatic rings. The van der Waals surface area contributed by atoms with Gasteiger partial charge in [0.25, 0.3) is 6.43 Å². The summed E-state index contributed by atoms with van der Waals surface area (Å²) >= 11 is 0. The zero-order chi connectivity index (χ0) is 22.2. The van der Waals surface area contributed by atoms with Gasteiger partial charge in [-0.2, -0.15) is 13.2 Å². The lowest BCUT2D eigenvalue weighted by Gasteiger charge is -2.37. The average molecular weight is 429 g/mol. The smallest absolute Gasteiger partial charge is 0.383 e.